The van der Waals surface area contributed by atoms with Crippen LogP contribution in [0.15, 0.2) is 39.3 Å². The number of azo groups is 1. The number of aromatic nitrogens is 2. The first-order valence-corrected chi connectivity index (χ1v) is 5.81. The van der Waals surface area contributed by atoms with Crippen LogP contribution in [0.1, 0.15) is 6.92 Å². The van der Waals surface area contributed by atoms with Crippen molar-refractivity contribution >= 4 is 28.8 Å². The van der Waals surface area contributed by atoms with Crippen LogP contribution in [0.3, 0.4) is 0 Å². The number of anilines is 2. The number of nitrogen functional groups attached to an aromatic ring is 1. The average molecular weight is 274 g/mol. The van der Waals surface area contributed by atoms with E-state index in [-0.39, 0.29) is 23.0 Å². The summed E-state index contributed by atoms with van der Waals surface area (Å²) in [6.45, 7) is 1.43. The summed E-state index contributed by atoms with van der Waals surface area (Å²) in [4.78, 5) is 22.5. The van der Waals surface area contributed by atoms with Gasteiger partial charge in [-0.1, -0.05) is 0 Å². The van der Waals surface area contributed by atoms with Gasteiger partial charge in [0.15, 0.2) is 5.69 Å². The Kier molecular flexibility index (Phi) is 3.65. The number of rotatable bonds is 3. The van der Waals surface area contributed by atoms with Crippen molar-refractivity contribution < 1.29 is 4.79 Å². The number of carbonyl (C=O) groups is 1. The van der Waals surface area contributed by atoms with Crippen LogP contribution in [-0.2, 0) is 11.8 Å². The number of nitrogens with zero attached hydrogens (tertiary/aromatic N) is 3. The predicted octanol–water partition coefficient (Wildman–Crippen LogP) is 1.67. The molecule has 8 nitrogen and oxygen atoms in total. The van der Waals surface area contributed by atoms with Crippen molar-refractivity contribution in [3.63, 3.8) is 0 Å². The van der Waals surface area contributed by atoms with E-state index in [9.17, 15) is 9.59 Å². The van der Waals surface area contributed by atoms with E-state index in [1.165, 1.54) is 11.6 Å². The second kappa shape index (κ2) is 5.39. The van der Waals surface area contributed by atoms with E-state index in [1.54, 1.807) is 31.3 Å². The number of aromatic amines is 1. The molecule has 0 bridgehead atoms. The molecule has 0 fully saturated rings. The van der Waals surface area contributed by atoms with E-state index in [2.05, 4.69) is 20.6 Å². The second-order valence-corrected chi connectivity index (χ2v) is 4.17. The topological polar surface area (TPSA) is 118 Å². The minimum Gasteiger partial charge on any atom is -0.382 e. The number of hydrogen-bond donors (Lipinski definition) is 3. The number of benzene rings is 1. The minimum atomic E-state index is -0.346. The molecule has 1 heterocycles. The summed E-state index contributed by atoms with van der Waals surface area (Å²) in [5.41, 5.74) is 6.53. The fraction of sp³-hybridized carbons (Fsp3) is 0.167. The zero-order valence-corrected chi connectivity index (χ0v) is 11.0. The van der Waals surface area contributed by atoms with Crippen LogP contribution in [0.5, 0.6) is 0 Å². The molecule has 1 amide bonds. The van der Waals surface area contributed by atoms with Crippen molar-refractivity contribution in [1.82, 2.24) is 9.78 Å². The highest BCUT2D eigenvalue weighted by Gasteiger charge is 2.08. The van der Waals surface area contributed by atoms with Gasteiger partial charge in [0.2, 0.25) is 5.91 Å². The van der Waals surface area contributed by atoms with Gasteiger partial charge in [-0.25, -0.2) is 0 Å². The number of H-pyrrole nitrogens is 1. The lowest BCUT2D eigenvalue weighted by Gasteiger charge is -2.00. The monoisotopic (exact) mass is 274 g/mol. The van der Waals surface area contributed by atoms with Gasteiger partial charge < -0.3 is 11.1 Å². The summed E-state index contributed by atoms with van der Waals surface area (Å²) in [6.07, 6.45) is 0. The molecule has 0 atom stereocenters. The number of hydrogen-bond acceptors (Lipinski definition) is 5. The lowest BCUT2D eigenvalue weighted by molar-refractivity contribution is -0.114. The summed E-state index contributed by atoms with van der Waals surface area (Å²) in [5.74, 6) is 0.0130. The Morgan fingerprint density at radius 1 is 1.30 bits per heavy atom. The van der Waals surface area contributed by atoms with Crippen molar-refractivity contribution in [3.8, 4) is 0 Å². The molecule has 2 aromatic rings. The zero-order valence-electron chi connectivity index (χ0n) is 11.0. The third kappa shape index (κ3) is 2.91. The fourth-order valence-corrected chi connectivity index (χ4v) is 1.58. The van der Waals surface area contributed by atoms with E-state index in [4.69, 9.17) is 5.73 Å². The molecular formula is C12H14N6O2. The van der Waals surface area contributed by atoms with Crippen molar-refractivity contribution in [2.45, 2.75) is 6.92 Å². The summed E-state index contributed by atoms with van der Waals surface area (Å²) < 4.78 is 1.23. The molecule has 0 aliphatic rings. The molecule has 0 aliphatic carbocycles. The highest BCUT2D eigenvalue weighted by atomic mass is 16.1. The lowest BCUT2D eigenvalue weighted by Crippen LogP contribution is -2.10. The van der Waals surface area contributed by atoms with Crippen LogP contribution in [0.2, 0.25) is 0 Å². The van der Waals surface area contributed by atoms with Crippen LogP contribution >= 0.6 is 0 Å². The average Bonchev–Trinajstić information content (AvgIpc) is 2.62. The number of nitrogens with two attached hydrogens (primary N) is 1. The second-order valence-electron chi connectivity index (χ2n) is 4.17. The molecule has 20 heavy (non-hydrogen) atoms. The van der Waals surface area contributed by atoms with E-state index < -0.39 is 0 Å². The van der Waals surface area contributed by atoms with Gasteiger partial charge in [0, 0.05) is 19.7 Å². The first-order chi connectivity index (χ1) is 9.47. The quantitative estimate of drug-likeness (QED) is 0.739. The van der Waals surface area contributed by atoms with Crippen LogP contribution < -0.4 is 16.6 Å². The van der Waals surface area contributed by atoms with Gasteiger partial charge in [-0.2, -0.15) is 5.11 Å². The molecule has 0 spiro atoms. The zero-order chi connectivity index (χ0) is 14.7. The largest absolute Gasteiger partial charge is 0.382 e. The maximum Gasteiger partial charge on any atom is 0.296 e. The van der Waals surface area contributed by atoms with Gasteiger partial charge >= 0.3 is 0 Å². The van der Waals surface area contributed by atoms with E-state index >= 15 is 0 Å². The first kappa shape index (κ1) is 13.5. The molecule has 1 aromatic heterocycles. The fourth-order valence-electron chi connectivity index (χ4n) is 1.58. The van der Waals surface area contributed by atoms with Crippen LogP contribution in [-0.4, -0.2) is 15.7 Å². The van der Waals surface area contributed by atoms with Crippen molar-refractivity contribution in [3.05, 3.63) is 34.6 Å². The Labute approximate surface area is 114 Å². The van der Waals surface area contributed by atoms with Crippen LogP contribution in [0, 0.1) is 0 Å². The van der Waals surface area contributed by atoms with Crippen LogP contribution in [0.25, 0.3) is 0 Å². The summed E-state index contributed by atoms with van der Waals surface area (Å²) in [6, 6.07) is 6.72. The number of carbonyl (C=O) groups excluding carboxylic acids is 1. The SMILES string of the molecule is CC(=O)Nc1ccc(N=Nc2c(N)[nH]n(C)c2=O)cc1. The predicted molar refractivity (Wildman–Crippen MR) is 75.4 cm³/mol. The highest BCUT2D eigenvalue weighted by Crippen LogP contribution is 2.20. The Balaban J connectivity index is 2.19. The summed E-state index contributed by atoms with van der Waals surface area (Å²) in [7, 11) is 1.54. The van der Waals surface area contributed by atoms with Gasteiger partial charge in [0.1, 0.15) is 5.82 Å². The summed E-state index contributed by atoms with van der Waals surface area (Å²) >= 11 is 0. The van der Waals surface area contributed by atoms with E-state index in [0.717, 1.165) is 0 Å². The van der Waals surface area contributed by atoms with Gasteiger partial charge in [-0.15, -0.1) is 5.11 Å². The molecule has 4 N–H and O–H groups in total. The smallest absolute Gasteiger partial charge is 0.296 e. The molecule has 104 valence electrons. The Morgan fingerprint density at radius 2 is 1.95 bits per heavy atom. The molecular weight excluding hydrogens is 260 g/mol. The third-order valence-corrected chi connectivity index (χ3v) is 2.50. The molecule has 0 radical (unpaired) electrons. The number of nitrogens with one attached hydrogen (secondary N) is 2. The Morgan fingerprint density at radius 3 is 2.45 bits per heavy atom. The number of aryl methyl sites for hydroxylation is 1. The summed E-state index contributed by atoms with van der Waals surface area (Å²) in [5, 5.41) is 13.0. The molecule has 1 aromatic carbocycles. The standard InChI is InChI=1S/C12H14N6O2/c1-7(19)14-8-3-5-9(6-4-8)15-16-10-11(13)17-18(2)12(10)20/h3-6,17H,13H2,1-2H3,(H,14,19). The Bertz CT molecular complexity index is 711. The molecule has 8 heteroatoms. The maximum atomic E-state index is 11.6. The highest BCUT2D eigenvalue weighted by molar-refractivity contribution is 5.88. The number of amides is 1. The van der Waals surface area contributed by atoms with E-state index in [0.29, 0.717) is 11.4 Å². The first-order valence-electron chi connectivity index (χ1n) is 5.81. The van der Waals surface area contributed by atoms with Crippen molar-refractivity contribution in [1.29, 1.82) is 0 Å². The van der Waals surface area contributed by atoms with Crippen LogP contribution in [0.4, 0.5) is 22.9 Å². The normalized spacial score (nSPS) is 10.9. The van der Waals surface area contributed by atoms with Gasteiger partial charge in [-0.3, -0.25) is 19.4 Å². The molecule has 0 saturated carbocycles. The third-order valence-electron chi connectivity index (χ3n) is 2.50. The van der Waals surface area contributed by atoms with Gasteiger partial charge in [0.25, 0.3) is 5.56 Å². The van der Waals surface area contributed by atoms with E-state index in [1.807, 2.05) is 0 Å². The Hall–Kier alpha value is -2.90. The van der Waals surface area contributed by atoms with Crippen molar-refractivity contribution in [2.24, 2.45) is 17.3 Å². The van der Waals surface area contributed by atoms with Crippen molar-refractivity contribution in [2.75, 3.05) is 11.1 Å². The molecule has 0 unspecified atom stereocenters. The maximum absolute atomic E-state index is 11.6. The minimum absolute atomic E-state index is 0.0680. The molecule has 2 rings (SSSR count). The van der Waals surface area contributed by atoms with Gasteiger partial charge in [-0.05, 0) is 24.3 Å². The molecule has 0 saturated heterocycles. The molecule has 0 aliphatic heterocycles. The lowest BCUT2D eigenvalue weighted by atomic mass is 10.3. The van der Waals surface area contributed by atoms with Gasteiger partial charge in [0.05, 0.1) is 5.69 Å².